The summed E-state index contributed by atoms with van der Waals surface area (Å²) in [6.45, 7) is 13.5. The highest BCUT2D eigenvalue weighted by atomic mass is 28.4. The van der Waals surface area contributed by atoms with E-state index in [1.54, 1.807) is 0 Å². The van der Waals surface area contributed by atoms with E-state index in [2.05, 4.69) is 33.9 Å². The van der Waals surface area contributed by atoms with Crippen molar-refractivity contribution in [2.75, 3.05) is 6.61 Å². The third-order valence-corrected chi connectivity index (χ3v) is 8.87. The van der Waals surface area contributed by atoms with Gasteiger partial charge in [-0.3, -0.25) is 4.79 Å². The van der Waals surface area contributed by atoms with Gasteiger partial charge < -0.3 is 9.16 Å². The van der Waals surface area contributed by atoms with Crippen LogP contribution in [0.25, 0.3) is 0 Å². The van der Waals surface area contributed by atoms with Crippen LogP contribution in [0.2, 0.25) is 18.1 Å². The molecule has 0 amide bonds. The van der Waals surface area contributed by atoms with Crippen LogP contribution in [0.1, 0.15) is 47.0 Å². The molecule has 1 aliphatic rings. The molecule has 0 bridgehead atoms. The first kappa shape index (κ1) is 15.7. The highest BCUT2D eigenvalue weighted by Gasteiger charge is 2.39. The molecule has 0 aromatic heterocycles. The smallest absolute Gasteiger partial charge is 0.302 e. The summed E-state index contributed by atoms with van der Waals surface area (Å²) in [6.07, 6.45) is 3.33. The molecule has 0 heterocycles. The van der Waals surface area contributed by atoms with Gasteiger partial charge in [0.05, 0.1) is 0 Å². The summed E-state index contributed by atoms with van der Waals surface area (Å²) in [4.78, 5) is 11.1. The normalized spacial score (nSPS) is 25.2. The van der Waals surface area contributed by atoms with Crippen molar-refractivity contribution >= 4 is 14.3 Å². The van der Waals surface area contributed by atoms with E-state index >= 15 is 0 Å². The predicted molar refractivity (Wildman–Crippen MR) is 76.0 cm³/mol. The van der Waals surface area contributed by atoms with Crippen LogP contribution in [-0.2, 0) is 14.0 Å². The van der Waals surface area contributed by atoms with Gasteiger partial charge in [0.1, 0.15) is 6.10 Å². The zero-order valence-electron chi connectivity index (χ0n) is 12.7. The lowest BCUT2D eigenvalue weighted by molar-refractivity contribution is -0.148. The monoisotopic (exact) mass is 272 g/mol. The Hall–Kier alpha value is -0.353. The van der Waals surface area contributed by atoms with Crippen molar-refractivity contribution in [2.45, 2.75) is 71.2 Å². The first-order chi connectivity index (χ1) is 8.13. The first-order valence-corrected chi connectivity index (χ1v) is 9.85. The Bertz CT molecular complexity index is 294. The van der Waals surface area contributed by atoms with Gasteiger partial charge in [0.2, 0.25) is 0 Å². The summed E-state index contributed by atoms with van der Waals surface area (Å²) >= 11 is 0. The zero-order valence-corrected chi connectivity index (χ0v) is 13.7. The number of carbonyl (C=O) groups is 1. The molecule has 0 spiro atoms. The predicted octanol–water partition coefficient (Wildman–Crippen LogP) is 3.74. The van der Waals surface area contributed by atoms with E-state index in [1.807, 2.05) is 0 Å². The summed E-state index contributed by atoms with van der Waals surface area (Å²) in [5.74, 6) is 0.224. The Kier molecular flexibility index (Phi) is 5.01. The Morgan fingerprint density at radius 2 is 1.89 bits per heavy atom. The van der Waals surface area contributed by atoms with Gasteiger partial charge in [-0.15, -0.1) is 0 Å². The van der Waals surface area contributed by atoms with E-state index in [4.69, 9.17) is 9.16 Å². The van der Waals surface area contributed by atoms with Crippen LogP contribution in [0, 0.1) is 5.92 Å². The van der Waals surface area contributed by atoms with Crippen molar-refractivity contribution in [1.82, 2.24) is 0 Å². The third-order valence-electron chi connectivity index (χ3n) is 4.37. The summed E-state index contributed by atoms with van der Waals surface area (Å²) in [5.41, 5.74) is 0. The van der Waals surface area contributed by atoms with Gasteiger partial charge >= 0.3 is 5.97 Å². The molecule has 0 N–H and O–H groups in total. The molecule has 2 atom stereocenters. The van der Waals surface area contributed by atoms with Crippen molar-refractivity contribution in [3.05, 3.63) is 0 Å². The lowest BCUT2D eigenvalue weighted by Crippen LogP contribution is -2.42. The maximum absolute atomic E-state index is 11.1. The van der Waals surface area contributed by atoms with Crippen LogP contribution < -0.4 is 0 Å². The molecule has 4 heteroatoms. The molecular formula is C14H28O3Si. The van der Waals surface area contributed by atoms with Crippen LogP contribution in [0.5, 0.6) is 0 Å². The lowest BCUT2D eigenvalue weighted by Gasteiger charge is -2.37. The number of esters is 1. The number of carbonyl (C=O) groups excluding carboxylic acids is 1. The van der Waals surface area contributed by atoms with Gasteiger partial charge in [-0.2, -0.15) is 0 Å². The number of ether oxygens (including phenoxy) is 1. The summed E-state index contributed by atoms with van der Waals surface area (Å²) < 4.78 is 11.6. The topological polar surface area (TPSA) is 35.5 Å². The molecule has 0 saturated heterocycles. The van der Waals surface area contributed by atoms with Gasteiger partial charge in [-0.1, -0.05) is 20.8 Å². The summed E-state index contributed by atoms with van der Waals surface area (Å²) in [5, 5.41) is 0.239. The molecule has 0 aromatic rings. The van der Waals surface area contributed by atoms with Crippen LogP contribution in [0.4, 0.5) is 0 Å². The average Bonchev–Trinajstić information content (AvgIpc) is 2.59. The van der Waals surface area contributed by atoms with E-state index in [9.17, 15) is 4.79 Å². The van der Waals surface area contributed by atoms with Crippen LogP contribution in [0.15, 0.2) is 0 Å². The molecular weight excluding hydrogens is 244 g/mol. The lowest BCUT2D eigenvalue weighted by atomic mass is 10.1. The van der Waals surface area contributed by atoms with Crippen LogP contribution in [-0.4, -0.2) is 27.0 Å². The highest BCUT2D eigenvalue weighted by Crippen LogP contribution is 2.38. The van der Waals surface area contributed by atoms with Gasteiger partial charge in [0, 0.05) is 19.4 Å². The standard InChI is InChI=1S/C14H28O3Si/c1-11(15)17-13-9-7-8-12(13)10-16-18(5,6)14(2,3)4/h12-13H,7-10H2,1-6H3/t12-,13+/m0/s1. The van der Waals surface area contributed by atoms with E-state index in [1.165, 1.54) is 6.92 Å². The van der Waals surface area contributed by atoms with E-state index in [0.29, 0.717) is 5.92 Å². The maximum atomic E-state index is 11.1. The third kappa shape index (κ3) is 4.09. The minimum Gasteiger partial charge on any atom is -0.462 e. The molecule has 3 nitrogen and oxygen atoms in total. The fourth-order valence-corrected chi connectivity index (χ4v) is 3.16. The van der Waals surface area contributed by atoms with Crippen molar-refractivity contribution in [1.29, 1.82) is 0 Å². The summed E-state index contributed by atoms with van der Waals surface area (Å²) in [7, 11) is -1.68. The van der Waals surface area contributed by atoms with Crippen molar-refractivity contribution < 1.29 is 14.0 Å². The molecule has 1 rings (SSSR count). The molecule has 18 heavy (non-hydrogen) atoms. The zero-order chi connectivity index (χ0) is 14.0. The quantitative estimate of drug-likeness (QED) is 0.577. The van der Waals surface area contributed by atoms with Crippen molar-refractivity contribution in [2.24, 2.45) is 5.92 Å². The number of rotatable bonds is 4. The molecule has 0 radical (unpaired) electrons. The second kappa shape index (κ2) is 5.74. The SMILES string of the molecule is CC(=O)O[C@@H]1CCC[C@H]1CO[Si](C)(C)C(C)(C)C. The fraction of sp³-hybridized carbons (Fsp3) is 0.929. The Morgan fingerprint density at radius 1 is 1.28 bits per heavy atom. The van der Waals surface area contributed by atoms with Crippen molar-refractivity contribution in [3.63, 3.8) is 0 Å². The molecule has 106 valence electrons. The molecule has 1 saturated carbocycles. The fourth-order valence-electron chi connectivity index (χ4n) is 2.09. The maximum Gasteiger partial charge on any atom is 0.302 e. The highest BCUT2D eigenvalue weighted by molar-refractivity contribution is 6.74. The molecule has 0 aliphatic heterocycles. The average molecular weight is 272 g/mol. The second-order valence-corrected chi connectivity index (χ2v) is 11.7. The van der Waals surface area contributed by atoms with Crippen LogP contribution >= 0.6 is 0 Å². The second-order valence-electron chi connectivity index (χ2n) is 6.91. The summed E-state index contributed by atoms with van der Waals surface area (Å²) in [6, 6.07) is 0. The Balaban J connectivity index is 2.50. The van der Waals surface area contributed by atoms with Gasteiger partial charge in [-0.05, 0) is 37.4 Å². The number of hydrogen-bond donors (Lipinski definition) is 0. The van der Waals surface area contributed by atoms with Crippen LogP contribution in [0.3, 0.4) is 0 Å². The van der Waals surface area contributed by atoms with Gasteiger partial charge in [-0.25, -0.2) is 0 Å². The molecule has 1 fully saturated rings. The Labute approximate surface area is 112 Å². The first-order valence-electron chi connectivity index (χ1n) is 6.94. The minimum atomic E-state index is -1.68. The number of hydrogen-bond acceptors (Lipinski definition) is 3. The van der Waals surface area contributed by atoms with E-state index in [-0.39, 0.29) is 17.1 Å². The minimum absolute atomic E-state index is 0.0762. The largest absolute Gasteiger partial charge is 0.462 e. The van der Waals surface area contributed by atoms with E-state index < -0.39 is 8.32 Å². The Morgan fingerprint density at radius 3 is 2.39 bits per heavy atom. The van der Waals surface area contributed by atoms with E-state index in [0.717, 1.165) is 25.9 Å². The van der Waals surface area contributed by atoms with Gasteiger partial charge in [0.15, 0.2) is 8.32 Å². The molecule has 1 aliphatic carbocycles. The molecule has 0 unspecified atom stereocenters. The van der Waals surface area contributed by atoms with Crippen molar-refractivity contribution in [3.8, 4) is 0 Å². The van der Waals surface area contributed by atoms with Gasteiger partial charge in [0.25, 0.3) is 0 Å². The molecule has 0 aromatic carbocycles.